The lowest BCUT2D eigenvalue weighted by Crippen LogP contribution is -2.48. The van der Waals surface area contributed by atoms with Gasteiger partial charge >= 0.3 is 0 Å². The molecule has 4 rings (SSSR count). The maximum absolute atomic E-state index is 13.8. The zero-order valence-corrected chi connectivity index (χ0v) is 17.8. The van der Waals surface area contributed by atoms with Crippen LogP contribution in [0.1, 0.15) is 30.9 Å². The summed E-state index contributed by atoms with van der Waals surface area (Å²) in [6.07, 6.45) is 1.58. The van der Waals surface area contributed by atoms with Gasteiger partial charge in [-0.15, -0.1) is 0 Å². The van der Waals surface area contributed by atoms with E-state index in [0.29, 0.717) is 19.6 Å². The largest absolute Gasteiger partial charge is 0.341 e. The molecule has 0 aromatic heterocycles. The van der Waals surface area contributed by atoms with Crippen molar-refractivity contribution in [3.05, 3.63) is 71.8 Å². The summed E-state index contributed by atoms with van der Waals surface area (Å²) in [5, 5.41) is 11.8. The molecule has 4 N–H and O–H groups in total. The monoisotopic (exact) mass is 419 g/mol. The van der Waals surface area contributed by atoms with Crippen LogP contribution in [-0.2, 0) is 15.1 Å². The van der Waals surface area contributed by atoms with Crippen LogP contribution in [0, 0.1) is 11.3 Å². The molecular weight excluding hydrogens is 390 g/mol. The van der Waals surface area contributed by atoms with Crippen LogP contribution in [0.5, 0.6) is 0 Å². The van der Waals surface area contributed by atoms with Crippen LogP contribution in [0.4, 0.5) is 0 Å². The van der Waals surface area contributed by atoms with E-state index in [4.69, 9.17) is 11.1 Å². The van der Waals surface area contributed by atoms with E-state index in [1.807, 2.05) is 60.7 Å². The summed E-state index contributed by atoms with van der Waals surface area (Å²) in [6, 6.07) is 18.7. The fourth-order valence-electron chi connectivity index (χ4n) is 4.59. The number of carbonyl (C=O) groups excluding carboxylic acids is 2. The molecule has 2 aliphatic rings. The number of likely N-dealkylation sites (tertiary alicyclic amines) is 1. The summed E-state index contributed by atoms with van der Waals surface area (Å²) in [6.45, 7) is 3.44. The Labute approximate surface area is 182 Å². The van der Waals surface area contributed by atoms with Crippen molar-refractivity contribution in [1.29, 1.82) is 5.41 Å². The Hall–Kier alpha value is -3.19. The molecule has 2 amide bonds. The fourth-order valence-corrected chi connectivity index (χ4v) is 4.59. The van der Waals surface area contributed by atoms with Gasteiger partial charge in [-0.05, 0) is 36.8 Å². The van der Waals surface area contributed by atoms with Gasteiger partial charge in [0.05, 0.1) is 6.04 Å². The highest BCUT2D eigenvalue weighted by atomic mass is 16.2. The maximum atomic E-state index is 13.8. The predicted octanol–water partition coefficient (Wildman–Crippen LogP) is 1.88. The van der Waals surface area contributed by atoms with Gasteiger partial charge in [0.2, 0.25) is 5.91 Å². The molecular formula is C24H29N5O2. The molecule has 7 nitrogen and oxygen atoms in total. The van der Waals surface area contributed by atoms with Crippen LogP contribution in [0.15, 0.2) is 60.7 Å². The standard InChI is InChI=1S/C24H29N5O2/c1-17(25)21(30)28-14-12-18(13-15-28)16-29-22(31)24(27-23(29)26,19-8-4-2-5-9-19)20-10-6-3-7-11-20/h2-11,17-18H,12-16,25H2,1H3,(H2,26,27). The second-order valence-corrected chi connectivity index (χ2v) is 8.43. The van der Waals surface area contributed by atoms with Crippen LogP contribution in [-0.4, -0.2) is 53.2 Å². The van der Waals surface area contributed by atoms with Gasteiger partial charge in [0.25, 0.3) is 5.91 Å². The molecule has 0 bridgehead atoms. The van der Waals surface area contributed by atoms with Crippen LogP contribution < -0.4 is 11.1 Å². The summed E-state index contributed by atoms with van der Waals surface area (Å²) < 4.78 is 0. The average Bonchev–Trinajstić information content (AvgIpc) is 3.06. The molecule has 7 heteroatoms. The first-order valence-corrected chi connectivity index (χ1v) is 10.8. The van der Waals surface area contributed by atoms with Crippen molar-refractivity contribution in [1.82, 2.24) is 15.1 Å². The summed E-state index contributed by atoms with van der Waals surface area (Å²) in [5.41, 5.74) is 6.25. The molecule has 0 aliphatic carbocycles. The Kier molecular flexibility index (Phi) is 5.78. The van der Waals surface area contributed by atoms with E-state index in [2.05, 4.69) is 5.32 Å². The Morgan fingerprint density at radius 3 is 2.10 bits per heavy atom. The quantitative estimate of drug-likeness (QED) is 0.689. The fraction of sp³-hybridized carbons (Fsp3) is 0.375. The second kappa shape index (κ2) is 8.51. The van der Waals surface area contributed by atoms with Gasteiger partial charge in [0, 0.05) is 19.6 Å². The zero-order valence-electron chi connectivity index (χ0n) is 17.8. The summed E-state index contributed by atoms with van der Waals surface area (Å²) in [7, 11) is 0. The molecule has 162 valence electrons. The molecule has 31 heavy (non-hydrogen) atoms. The van der Waals surface area contributed by atoms with E-state index in [1.165, 1.54) is 0 Å². The number of rotatable bonds is 5. The van der Waals surface area contributed by atoms with Crippen molar-refractivity contribution >= 4 is 17.8 Å². The molecule has 2 fully saturated rings. The first-order valence-electron chi connectivity index (χ1n) is 10.8. The van der Waals surface area contributed by atoms with E-state index in [0.717, 1.165) is 24.0 Å². The molecule has 0 saturated carbocycles. The number of carbonyl (C=O) groups is 2. The molecule has 0 radical (unpaired) electrons. The molecule has 1 atom stereocenters. The van der Waals surface area contributed by atoms with Crippen LogP contribution in [0.2, 0.25) is 0 Å². The number of nitrogens with zero attached hydrogens (tertiary/aromatic N) is 2. The predicted molar refractivity (Wildman–Crippen MR) is 119 cm³/mol. The molecule has 2 heterocycles. The SMILES string of the molecule is CC(N)C(=O)N1CCC(CN2C(=N)NC(c3ccccc3)(c3ccccc3)C2=O)CC1. The maximum Gasteiger partial charge on any atom is 0.264 e. The Balaban J connectivity index is 1.56. The summed E-state index contributed by atoms with van der Waals surface area (Å²) in [5.74, 6) is 0.179. The average molecular weight is 420 g/mol. The summed E-state index contributed by atoms with van der Waals surface area (Å²) in [4.78, 5) is 29.3. The number of guanidine groups is 1. The lowest BCUT2D eigenvalue weighted by atomic mass is 9.82. The Morgan fingerprint density at radius 2 is 1.61 bits per heavy atom. The van der Waals surface area contributed by atoms with Gasteiger partial charge in [0.15, 0.2) is 11.5 Å². The van der Waals surface area contributed by atoms with Crippen molar-refractivity contribution in [3.8, 4) is 0 Å². The molecule has 2 aromatic rings. The van der Waals surface area contributed by atoms with Gasteiger partial charge in [-0.2, -0.15) is 0 Å². The minimum Gasteiger partial charge on any atom is -0.341 e. The third-order valence-corrected chi connectivity index (χ3v) is 6.31. The Morgan fingerprint density at radius 1 is 1.10 bits per heavy atom. The number of amides is 2. The number of hydrogen-bond donors (Lipinski definition) is 3. The van der Waals surface area contributed by atoms with Crippen LogP contribution in [0.3, 0.4) is 0 Å². The van der Waals surface area contributed by atoms with E-state index >= 15 is 0 Å². The number of benzene rings is 2. The molecule has 0 spiro atoms. The molecule has 2 saturated heterocycles. The van der Waals surface area contributed by atoms with E-state index in [-0.39, 0.29) is 23.7 Å². The molecule has 1 unspecified atom stereocenters. The first-order chi connectivity index (χ1) is 14.9. The van der Waals surface area contributed by atoms with Crippen molar-refractivity contribution in [2.45, 2.75) is 31.3 Å². The van der Waals surface area contributed by atoms with Gasteiger partial charge in [0.1, 0.15) is 0 Å². The summed E-state index contributed by atoms with van der Waals surface area (Å²) >= 11 is 0. The van der Waals surface area contributed by atoms with Gasteiger partial charge in [-0.1, -0.05) is 60.7 Å². The van der Waals surface area contributed by atoms with Crippen molar-refractivity contribution in [3.63, 3.8) is 0 Å². The number of nitrogens with two attached hydrogens (primary N) is 1. The third kappa shape index (κ3) is 3.81. The number of piperidine rings is 1. The lowest BCUT2D eigenvalue weighted by molar-refractivity contribution is -0.134. The molecule has 2 aromatic carbocycles. The van der Waals surface area contributed by atoms with Crippen LogP contribution >= 0.6 is 0 Å². The van der Waals surface area contributed by atoms with Gasteiger partial charge in [-0.25, -0.2) is 0 Å². The number of nitrogens with one attached hydrogen (secondary N) is 2. The minimum atomic E-state index is -1.11. The van der Waals surface area contributed by atoms with Crippen molar-refractivity contribution in [2.75, 3.05) is 19.6 Å². The van der Waals surface area contributed by atoms with Crippen molar-refractivity contribution < 1.29 is 9.59 Å². The van der Waals surface area contributed by atoms with Crippen molar-refractivity contribution in [2.24, 2.45) is 11.7 Å². The van der Waals surface area contributed by atoms with E-state index in [9.17, 15) is 9.59 Å². The van der Waals surface area contributed by atoms with E-state index < -0.39 is 11.6 Å². The van der Waals surface area contributed by atoms with Crippen LogP contribution in [0.25, 0.3) is 0 Å². The zero-order chi connectivity index (χ0) is 22.0. The smallest absolute Gasteiger partial charge is 0.264 e. The highest BCUT2D eigenvalue weighted by Gasteiger charge is 2.52. The topological polar surface area (TPSA) is 103 Å². The van der Waals surface area contributed by atoms with Gasteiger partial charge < -0.3 is 16.0 Å². The van der Waals surface area contributed by atoms with Gasteiger partial charge in [-0.3, -0.25) is 19.9 Å². The highest BCUT2D eigenvalue weighted by molar-refractivity contribution is 6.10. The lowest BCUT2D eigenvalue weighted by Gasteiger charge is -2.34. The molecule has 2 aliphatic heterocycles. The number of hydrogen-bond acceptors (Lipinski definition) is 4. The Bertz CT molecular complexity index is 913. The van der Waals surface area contributed by atoms with E-state index in [1.54, 1.807) is 16.7 Å². The third-order valence-electron chi connectivity index (χ3n) is 6.31. The first kappa shape index (κ1) is 21.1. The highest BCUT2D eigenvalue weighted by Crippen LogP contribution is 2.36. The minimum absolute atomic E-state index is 0.0303. The normalized spacial score (nSPS) is 19.9. The second-order valence-electron chi connectivity index (χ2n) is 8.43.